The Morgan fingerprint density at radius 1 is 0.727 bits per heavy atom. The van der Waals surface area contributed by atoms with Crippen LogP contribution in [0.1, 0.15) is 138 Å². The maximum atomic E-state index is 11.4. The van der Waals surface area contributed by atoms with Crippen LogP contribution in [0.4, 0.5) is 0 Å². The number of benzene rings is 2. The van der Waals surface area contributed by atoms with E-state index in [1.807, 2.05) is 23.5 Å². The van der Waals surface area contributed by atoms with E-state index >= 15 is 0 Å². The zero-order valence-electron chi connectivity index (χ0n) is 30.1. The molecular weight excluding hydrogens is 601 g/mol. The second-order valence-electron chi connectivity index (χ2n) is 16.8. The lowest BCUT2D eigenvalue weighted by Crippen LogP contribution is -2.22. The third-order valence-electron chi connectivity index (χ3n) is 7.57. The second-order valence-corrected chi connectivity index (χ2v) is 21.8. The van der Waals surface area contributed by atoms with Gasteiger partial charge in [-0.2, -0.15) is 0 Å². The van der Waals surface area contributed by atoms with Crippen molar-refractivity contribution in [2.24, 2.45) is 0 Å². The number of hydrogen-bond acceptors (Lipinski definition) is 4. The summed E-state index contributed by atoms with van der Waals surface area (Å²) in [6, 6.07) is 12.0. The van der Waals surface area contributed by atoms with E-state index in [2.05, 4.69) is 140 Å². The van der Waals surface area contributed by atoms with Crippen LogP contribution in [0.25, 0.3) is 0 Å². The SMILES string of the molecule is C=C(CCCOS(=C)(=O)O)Cc1c(C(C)(C)C)cc(SC(C)(C)Sc2cc(C(C)(C)C)cc(C(C)(C)C)c2)cc1C(C)(C)C. The highest BCUT2D eigenvalue weighted by atomic mass is 32.2. The van der Waals surface area contributed by atoms with E-state index in [-0.39, 0.29) is 32.3 Å². The molecule has 0 aliphatic carbocycles. The van der Waals surface area contributed by atoms with Crippen LogP contribution in [0.3, 0.4) is 0 Å². The fourth-order valence-corrected chi connectivity index (χ4v) is 8.18. The first-order valence-corrected chi connectivity index (χ1v) is 19.0. The first kappa shape index (κ1) is 39.0. The Morgan fingerprint density at radius 2 is 1.14 bits per heavy atom. The molecule has 0 amide bonds. The van der Waals surface area contributed by atoms with E-state index in [0.29, 0.717) is 6.42 Å². The average Bonchev–Trinajstić information content (AvgIpc) is 2.78. The Balaban J connectivity index is 2.50. The van der Waals surface area contributed by atoms with Crippen molar-refractivity contribution in [3.8, 4) is 0 Å². The third kappa shape index (κ3) is 12.2. The molecule has 2 aromatic rings. The standard InChI is InChI=1S/C38H60O3S3/c1-26(18-17-19-41-44(16,39)40)20-31-32(36(8,9)10)24-30(25-33(31)37(11,12)13)43-38(14,15)42-29-22-27(34(2,3)4)21-28(23-29)35(5,6)7/h21-25H,1,16-20H2,2-15H3,(H,39,40). The molecule has 2 aromatic carbocycles. The van der Waals surface area contributed by atoms with Crippen molar-refractivity contribution in [2.45, 2.75) is 152 Å². The van der Waals surface area contributed by atoms with Gasteiger partial charge in [-0.05, 0) is 107 Å². The number of rotatable bonds is 11. The molecule has 0 aromatic heterocycles. The molecule has 0 radical (unpaired) electrons. The molecule has 0 aliphatic rings. The Kier molecular flexibility index (Phi) is 12.3. The second kappa shape index (κ2) is 13.9. The zero-order valence-corrected chi connectivity index (χ0v) is 32.6. The Labute approximate surface area is 279 Å². The highest BCUT2D eigenvalue weighted by Crippen LogP contribution is 2.49. The van der Waals surface area contributed by atoms with Crippen LogP contribution < -0.4 is 0 Å². The highest BCUT2D eigenvalue weighted by Gasteiger charge is 2.30. The van der Waals surface area contributed by atoms with Gasteiger partial charge in [0, 0.05) is 15.7 Å². The van der Waals surface area contributed by atoms with Crippen LogP contribution in [-0.2, 0) is 42.3 Å². The van der Waals surface area contributed by atoms with Crippen LogP contribution in [0.2, 0.25) is 0 Å². The van der Waals surface area contributed by atoms with Gasteiger partial charge in [-0.1, -0.05) is 101 Å². The molecule has 1 unspecified atom stereocenters. The summed E-state index contributed by atoms with van der Waals surface area (Å²) in [6.07, 6.45) is 2.14. The molecule has 1 N–H and O–H groups in total. The lowest BCUT2D eigenvalue weighted by Gasteiger charge is -2.33. The third-order valence-corrected chi connectivity index (χ3v) is 10.5. The van der Waals surface area contributed by atoms with Gasteiger partial charge in [-0.25, -0.2) is 4.21 Å². The maximum Gasteiger partial charge on any atom is 0.195 e. The van der Waals surface area contributed by atoms with E-state index in [0.717, 1.165) is 18.4 Å². The van der Waals surface area contributed by atoms with Crippen molar-refractivity contribution < 1.29 is 12.9 Å². The van der Waals surface area contributed by atoms with Crippen molar-refractivity contribution in [1.29, 1.82) is 0 Å². The van der Waals surface area contributed by atoms with Crippen LogP contribution >= 0.6 is 23.5 Å². The maximum absolute atomic E-state index is 11.4. The van der Waals surface area contributed by atoms with Crippen molar-refractivity contribution in [1.82, 2.24) is 0 Å². The molecule has 0 bridgehead atoms. The van der Waals surface area contributed by atoms with Crippen LogP contribution in [0, 0.1) is 0 Å². The molecule has 0 aliphatic heterocycles. The largest absolute Gasteiger partial charge is 0.294 e. The monoisotopic (exact) mass is 660 g/mol. The predicted octanol–water partition coefficient (Wildman–Crippen LogP) is 11.5. The molecule has 248 valence electrons. The lowest BCUT2D eigenvalue weighted by molar-refractivity contribution is 0.298. The summed E-state index contributed by atoms with van der Waals surface area (Å²) < 4.78 is 25.6. The molecule has 1 atom stereocenters. The van der Waals surface area contributed by atoms with E-state index < -0.39 is 10.1 Å². The van der Waals surface area contributed by atoms with Gasteiger partial charge in [-0.3, -0.25) is 8.74 Å². The van der Waals surface area contributed by atoms with Gasteiger partial charge in [0.15, 0.2) is 10.1 Å². The van der Waals surface area contributed by atoms with Crippen molar-refractivity contribution >= 4 is 39.5 Å². The lowest BCUT2D eigenvalue weighted by atomic mass is 9.74. The van der Waals surface area contributed by atoms with Crippen LogP contribution in [-0.4, -0.2) is 25.3 Å². The smallest absolute Gasteiger partial charge is 0.195 e. The summed E-state index contributed by atoms with van der Waals surface area (Å²) in [5.74, 6) is 3.15. The first-order valence-electron chi connectivity index (χ1n) is 15.7. The van der Waals surface area contributed by atoms with Gasteiger partial charge in [0.05, 0.1) is 10.7 Å². The topological polar surface area (TPSA) is 46.5 Å². The molecule has 0 saturated carbocycles. The minimum absolute atomic E-state index is 0.0501. The summed E-state index contributed by atoms with van der Waals surface area (Å²) in [4.78, 5) is 2.61. The van der Waals surface area contributed by atoms with Crippen LogP contribution in [0.5, 0.6) is 0 Å². The average molecular weight is 661 g/mol. The Bertz CT molecular complexity index is 1350. The van der Waals surface area contributed by atoms with Gasteiger partial charge in [0.2, 0.25) is 0 Å². The molecule has 0 saturated heterocycles. The van der Waals surface area contributed by atoms with Crippen molar-refractivity contribution in [3.05, 3.63) is 70.3 Å². The normalized spacial score (nSPS) is 14.9. The molecular formula is C38H60O3S3. The Hall–Kier alpha value is -1.18. The number of allylic oxidation sites excluding steroid dienone is 1. The van der Waals surface area contributed by atoms with Crippen molar-refractivity contribution in [2.75, 3.05) is 6.61 Å². The fraction of sp³-hybridized carbons (Fsp3) is 0.605. The summed E-state index contributed by atoms with van der Waals surface area (Å²) in [6.45, 7) is 36.8. The number of thioether (sulfide) groups is 2. The van der Waals surface area contributed by atoms with Gasteiger partial charge >= 0.3 is 0 Å². The van der Waals surface area contributed by atoms with Gasteiger partial charge in [0.25, 0.3) is 0 Å². The van der Waals surface area contributed by atoms with Gasteiger partial charge in [-0.15, -0.1) is 23.5 Å². The summed E-state index contributed by atoms with van der Waals surface area (Å²) >= 11 is 3.89. The fourth-order valence-electron chi connectivity index (χ4n) is 5.20. The molecule has 2 rings (SSSR count). The molecule has 0 heterocycles. The molecule has 0 fully saturated rings. The summed E-state index contributed by atoms with van der Waals surface area (Å²) in [5, 5.41) is 0. The summed E-state index contributed by atoms with van der Waals surface area (Å²) in [7, 11) is -3.42. The summed E-state index contributed by atoms with van der Waals surface area (Å²) in [5.41, 5.74) is 7.98. The minimum Gasteiger partial charge on any atom is -0.294 e. The molecule has 6 heteroatoms. The quantitative estimate of drug-likeness (QED) is 0.0854. The van der Waals surface area contributed by atoms with Gasteiger partial charge < -0.3 is 0 Å². The first-order chi connectivity index (χ1) is 19.6. The van der Waals surface area contributed by atoms with E-state index in [1.54, 1.807) is 0 Å². The minimum atomic E-state index is -3.42. The molecule has 3 nitrogen and oxygen atoms in total. The van der Waals surface area contributed by atoms with E-state index in [9.17, 15) is 8.76 Å². The van der Waals surface area contributed by atoms with E-state index in [4.69, 9.17) is 4.18 Å². The van der Waals surface area contributed by atoms with E-state index in [1.165, 1.54) is 37.6 Å². The van der Waals surface area contributed by atoms with Gasteiger partial charge in [0.1, 0.15) is 0 Å². The predicted molar refractivity (Wildman–Crippen MR) is 199 cm³/mol. The molecule has 0 spiro atoms. The zero-order chi connectivity index (χ0) is 34.1. The highest BCUT2D eigenvalue weighted by molar-refractivity contribution is 8.18. The van der Waals surface area contributed by atoms with Crippen molar-refractivity contribution in [3.63, 3.8) is 0 Å². The Morgan fingerprint density at radius 3 is 1.50 bits per heavy atom. The molecule has 44 heavy (non-hydrogen) atoms. The van der Waals surface area contributed by atoms with Crippen LogP contribution in [0.15, 0.2) is 52.3 Å². The number of hydrogen-bond donors (Lipinski definition) is 1.